The molecule has 2 aromatic rings. The molecule has 4 heteroatoms. The molecule has 2 unspecified atom stereocenters. The maximum Gasteiger partial charge on any atom is 0.109 e. The molecule has 0 amide bonds. The summed E-state index contributed by atoms with van der Waals surface area (Å²) in [5.74, 6) is 0. The molecule has 1 aromatic carbocycles. The fraction of sp³-hybridized carbons (Fsp3) is 0.357. The van der Waals surface area contributed by atoms with E-state index >= 15 is 0 Å². The molecule has 3 nitrogen and oxygen atoms in total. The molecule has 3 N–H and O–H groups in total. The van der Waals surface area contributed by atoms with Crippen molar-refractivity contribution in [2.24, 2.45) is 0 Å². The molecule has 0 bridgehead atoms. The van der Waals surface area contributed by atoms with Gasteiger partial charge < -0.3 is 11.1 Å². The number of nitrogens with zero attached hydrogens (tertiary/aromatic N) is 1. The van der Waals surface area contributed by atoms with Crippen LogP contribution in [0, 0.1) is 0 Å². The number of rotatable bonds is 3. The van der Waals surface area contributed by atoms with Gasteiger partial charge in [0, 0.05) is 23.3 Å². The van der Waals surface area contributed by atoms with E-state index < -0.39 is 0 Å². The van der Waals surface area contributed by atoms with Gasteiger partial charge in [0.1, 0.15) is 5.01 Å². The van der Waals surface area contributed by atoms with Crippen LogP contribution < -0.4 is 11.1 Å². The van der Waals surface area contributed by atoms with Crippen LogP contribution in [0.2, 0.25) is 0 Å². The summed E-state index contributed by atoms with van der Waals surface area (Å²) in [6.45, 7) is 2.17. The molecule has 3 rings (SSSR count). The minimum absolute atomic E-state index is 0.304. The Kier molecular flexibility index (Phi) is 3.06. The maximum atomic E-state index is 5.83. The number of hydrogen-bond donors (Lipinski definition) is 2. The van der Waals surface area contributed by atoms with Crippen molar-refractivity contribution in [3.63, 3.8) is 0 Å². The zero-order chi connectivity index (χ0) is 12.5. The molecule has 0 radical (unpaired) electrons. The number of thiazole rings is 1. The van der Waals surface area contributed by atoms with E-state index in [0.29, 0.717) is 12.1 Å². The van der Waals surface area contributed by atoms with Crippen LogP contribution in [0.1, 0.15) is 41.6 Å². The SMILES string of the molecule is CC(NC1CCc2cc(N)ccc21)c1nccs1. The summed E-state index contributed by atoms with van der Waals surface area (Å²) in [7, 11) is 0. The first-order valence-corrected chi connectivity index (χ1v) is 7.16. The summed E-state index contributed by atoms with van der Waals surface area (Å²) >= 11 is 1.70. The van der Waals surface area contributed by atoms with Crippen LogP contribution in [0.15, 0.2) is 29.8 Å². The van der Waals surface area contributed by atoms with E-state index in [1.165, 1.54) is 11.1 Å². The predicted molar refractivity (Wildman–Crippen MR) is 75.6 cm³/mol. The van der Waals surface area contributed by atoms with Gasteiger partial charge >= 0.3 is 0 Å². The van der Waals surface area contributed by atoms with Crippen molar-refractivity contribution >= 4 is 17.0 Å². The molecule has 0 fully saturated rings. The average molecular weight is 259 g/mol. The Bertz CT molecular complexity index is 536. The zero-order valence-electron chi connectivity index (χ0n) is 10.4. The van der Waals surface area contributed by atoms with E-state index in [4.69, 9.17) is 5.73 Å². The van der Waals surface area contributed by atoms with Gasteiger partial charge in [0.15, 0.2) is 0 Å². The third-order valence-corrected chi connectivity index (χ3v) is 4.48. The summed E-state index contributed by atoms with van der Waals surface area (Å²) in [5.41, 5.74) is 9.47. The minimum Gasteiger partial charge on any atom is -0.399 e. The first-order chi connectivity index (χ1) is 8.74. The van der Waals surface area contributed by atoms with Gasteiger partial charge in [-0.25, -0.2) is 4.98 Å². The molecule has 94 valence electrons. The highest BCUT2D eigenvalue weighted by atomic mass is 32.1. The molecule has 18 heavy (non-hydrogen) atoms. The molecule has 1 aliphatic rings. The third kappa shape index (κ3) is 2.13. The number of nitrogens with two attached hydrogens (primary N) is 1. The number of nitrogen functional groups attached to an aromatic ring is 1. The Morgan fingerprint density at radius 1 is 1.50 bits per heavy atom. The molecular weight excluding hydrogens is 242 g/mol. The van der Waals surface area contributed by atoms with E-state index in [9.17, 15) is 0 Å². The quantitative estimate of drug-likeness (QED) is 0.833. The van der Waals surface area contributed by atoms with Crippen molar-refractivity contribution < 1.29 is 0 Å². The van der Waals surface area contributed by atoms with Crippen LogP contribution in [0.25, 0.3) is 0 Å². The lowest BCUT2D eigenvalue weighted by Crippen LogP contribution is -2.22. The van der Waals surface area contributed by atoms with E-state index in [-0.39, 0.29) is 0 Å². The molecular formula is C14H17N3S. The molecule has 0 spiro atoms. The second-order valence-electron chi connectivity index (χ2n) is 4.81. The van der Waals surface area contributed by atoms with Gasteiger partial charge in [-0.2, -0.15) is 0 Å². The van der Waals surface area contributed by atoms with Crippen molar-refractivity contribution in [3.8, 4) is 0 Å². The number of nitrogens with one attached hydrogen (secondary N) is 1. The first-order valence-electron chi connectivity index (χ1n) is 6.28. The van der Waals surface area contributed by atoms with Crippen molar-refractivity contribution in [1.82, 2.24) is 10.3 Å². The summed E-state index contributed by atoms with van der Waals surface area (Å²) < 4.78 is 0. The lowest BCUT2D eigenvalue weighted by atomic mass is 10.1. The summed E-state index contributed by atoms with van der Waals surface area (Å²) in [6, 6.07) is 6.99. The largest absolute Gasteiger partial charge is 0.399 e. The fourth-order valence-corrected chi connectivity index (χ4v) is 3.29. The Hall–Kier alpha value is -1.39. The number of anilines is 1. The average Bonchev–Trinajstić information content (AvgIpc) is 2.98. The van der Waals surface area contributed by atoms with Gasteiger partial charge in [-0.05, 0) is 43.0 Å². The van der Waals surface area contributed by atoms with Crippen LogP contribution >= 0.6 is 11.3 Å². The van der Waals surface area contributed by atoms with Crippen LogP contribution in [-0.4, -0.2) is 4.98 Å². The first kappa shape index (κ1) is 11.7. The van der Waals surface area contributed by atoms with E-state index in [1.807, 2.05) is 17.6 Å². The maximum absolute atomic E-state index is 5.83. The smallest absolute Gasteiger partial charge is 0.109 e. The predicted octanol–water partition coefficient (Wildman–Crippen LogP) is 3.06. The van der Waals surface area contributed by atoms with Gasteiger partial charge in [-0.1, -0.05) is 6.07 Å². The van der Waals surface area contributed by atoms with Crippen LogP contribution in [0.5, 0.6) is 0 Å². The molecule has 1 aromatic heterocycles. The molecule has 0 saturated heterocycles. The van der Waals surface area contributed by atoms with E-state index in [1.54, 1.807) is 11.3 Å². The monoisotopic (exact) mass is 259 g/mol. The van der Waals surface area contributed by atoms with Crippen LogP contribution in [-0.2, 0) is 6.42 Å². The summed E-state index contributed by atoms with van der Waals surface area (Å²) in [5, 5.41) is 6.84. The van der Waals surface area contributed by atoms with Crippen molar-refractivity contribution in [2.75, 3.05) is 5.73 Å². The number of fused-ring (bicyclic) bond motifs is 1. The third-order valence-electron chi connectivity index (χ3n) is 3.52. The minimum atomic E-state index is 0.304. The van der Waals surface area contributed by atoms with Crippen LogP contribution in [0.3, 0.4) is 0 Å². The van der Waals surface area contributed by atoms with Crippen LogP contribution in [0.4, 0.5) is 5.69 Å². The molecule has 0 aliphatic heterocycles. The van der Waals surface area contributed by atoms with Crippen molar-refractivity contribution in [2.45, 2.75) is 31.8 Å². The van der Waals surface area contributed by atoms with E-state index in [0.717, 1.165) is 23.5 Å². The van der Waals surface area contributed by atoms with Crippen molar-refractivity contribution in [3.05, 3.63) is 45.9 Å². The molecule has 1 heterocycles. The van der Waals surface area contributed by atoms with E-state index in [2.05, 4.69) is 29.4 Å². The van der Waals surface area contributed by atoms with Crippen molar-refractivity contribution in [1.29, 1.82) is 0 Å². The number of aryl methyl sites for hydroxylation is 1. The Morgan fingerprint density at radius 3 is 3.17 bits per heavy atom. The molecule has 1 aliphatic carbocycles. The number of hydrogen-bond acceptors (Lipinski definition) is 4. The second-order valence-corrected chi connectivity index (χ2v) is 5.73. The number of aromatic nitrogens is 1. The Labute approximate surface area is 111 Å². The normalized spacial score (nSPS) is 19.7. The molecule has 2 atom stereocenters. The van der Waals surface area contributed by atoms with Gasteiger partial charge in [0.05, 0.1) is 6.04 Å². The number of benzene rings is 1. The van der Waals surface area contributed by atoms with Gasteiger partial charge in [0.2, 0.25) is 0 Å². The Morgan fingerprint density at radius 2 is 2.39 bits per heavy atom. The van der Waals surface area contributed by atoms with Gasteiger partial charge in [-0.15, -0.1) is 11.3 Å². The highest BCUT2D eigenvalue weighted by Crippen LogP contribution is 2.34. The standard InChI is InChI=1S/C14H17N3S/c1-9(14-16-6-7-18-14)17-13-5-2-10-8-11(15)3-4-12(10)13/h3-4,6-9,13,17H,2,5,15H2,1H3. The summed E-state index contributed by atoms with van der Waals surface area (Å²) in [4.78, 5) is 4.36. The highest BCUT2D eigenvalue weighted by molar-refractivity contribution is 7.09. The zero-order valence-corrected chi connectivity index (χ0v) is 11.2. The van der Waals surface area contributed by atoms with Gasteiger partial charge in [-0.3, -0.25) is 0 Å². The lowest BCUT2D eigenvalue weighted by Gasteiger charge is -2.18. The fourth-order valence-electron chi connectivity index (χ4n) is 2.63. The van der Waals surface area contributed by atoms with Gasteiger partial charge in [0.25, 0.3) is 0 Å². The highest BCUT2D eigenvalue weighted by Gasteiger charge is 2.24. The second kappa shape index (κ2) is 4.71. The lowest BCUT2D eigenvalue weighted by molar-refractivity contribution is 0.464. The topological polar surface area (TPSA) is 50.9 Å². The Balaban J connectivity index is 1.77. The summed E-state index contributed by atoms with van der Waals surface area (Å²) in [6.07, 6.45) is 4.12. The molecule has 0 saturated carbocycles.